The fraction of sp³-hybridized carbons (Fsp3) is 0.273. The predicted octanol–water partition coefficient (Wildman–Crippen LogP) is 2.38. The topological polar surface area (TPSA) is 114 Å². The monoisotopic (exact) mass is 244 g/mol. The maximum Gasteiger partial charge on any atom is 0.319 e. The van der Waals surface area contributed by atoms with Crippen molar-refractivity contribution in [3.05, 3.63) is 40.3 Å². The van der Waals surface area contributed by atoms with Gasteiger partial charge in [-0.3, -0.25) is 0 Å². The third kappa shape index (κ3) is 4.88. The van der Waals surface area contributed by atoms with Gasteiger partial charge in [0.1, 0.15) is 0 Å². The van der Waals surface area contributed by atoms with Crippen molar-refractivity contribution < 1.29 is 4.79 Å². The Hall–Kier alpha value is -2.71. The molecule has 92 valence electrons. The van der Waals surface area contributed by atoms with Gasteiger partial charge in [0.05, 0.1) is 11.6 Å². The van der Waals surface area contributed by atoms with Gasteiger partial charge in [-0.15, -0.1) is 0 Å². The van der Waals surface area contributed by atoms with Gasteiger partial charge < -0.3 is 10.6 Å². The number of rotatable bonds is 5. The Morgan fingerprint density at radius 2 is 2.39 bits per heavy atom. The number of carbonyl (C=O) groups excluding carboxylic acids is 1. The van der Waals surface area contributed by atoms with E-state index >= 15 is 0 Å². The van der Waals surface area contributed by atoms with Gasteiger partial charge >= 0.3 is 6.03 Å². The Bertz CT molecular complexity index is 501. The van der Waals surface area contributed by atoms with Crippen LogP contribution in [0.5, 0.6) is 0 Å². The molecule has 0 atom stereocenters. The first kappa shape index (κ1) is 13.4. The SMILES string of the molecule is N#Cc1cccc(NC(=O)NCCCN=[N+]=[N-])c1. The molecule has 2 amide bonds. The van der Waals surface area contributed by atoms with Gasteiger partial charge in [-0.1, -0.05) is 11.2 Å². The molecular weight excluding hydrogens is 232 g/mol. The molecule has 7 nitrogen and oxygen atoms in total. The van der Waals surface area contributed by atoms with Crippen LogP contribution in [0.25, 0.3) is 10.4 Å². The molecule has 0 aliphatic carbocycles. The lowest BCUT2D eigenvalue weighted by molar-refractivity contribution is 0.252. The van der Waals surface area contributed by atoms with Crippen molar-refractivity contribution in [3.8, 4) is 6.07 Å². The van der Waals surface area contributed by atoms with E-state index in [4.69, 9.17) is 10.8 Å². The molecule has 0 fully saturated rings. The Labute approximate surface area is 104 Å². The highest BCUT2D eigenvalue weighted by Gasteiger charge is 2.01. The van der Waals surface area contributed by atoms with Gasteiger partial charge in [0.25, 0.3) is 0 Å². The summed E-state index contributed by atoms with van der Waals surface area (Å²) in [6, 6.07) is 8.26. The number of amides is 2. The van der Waals surface area contributed by atoms with Gasteiger partial charge in [0.2, 0.25) is 0 Å². The molecule has 0 aliphatic rings. The van der Waals surface area contributed by atoms with E-state index in [2.05, 4.69) is 20.7 Å². The number of nitrogens with one attached hydrogen (secondary N) is 2. The molecule has 0 radical (unpaired) electrons. The van der Waals surface area contributed by atoms with Crippen LogP contribution in [-0.2, 0) is 0 Å². The van der Waals surface area contributed by atoms with Crippen LogP contribution in [0.4, 0.5) is 10.5 Å². The highest BCUT2D eigenvalue weighted by molar-refractivity contribution is 5.89. The lowest BCUT2D eigenvalue weighted by Gasteiger charge is -2.06. The molecule has 0 heterocycles. The van der Waals surface area contributed by atoms with Gasteiger partial charge in [0.15, 0.2) is 0 Å². The van der Waals surface area contributed by atoms with Crippen molar-refractivity contribution in [2.24, 2.45) is 5.11 Å². The fourth-order valence-electron chi connectivity index (χ4n) is 1.24. The maximum atomic E-state index is 11.4. The second-order valence-corrected chi connectivity index (χ2v) is 3.38. The highest BCUT2D eigenvalue weighted by atomic mass is 16.2. The minimum absolute atomic E-state index is 0.348. The van der Waals surface area contributed by atoms with Crippen LogP contribution in [0.15, 0.2) is 29.4 Å². The number of azide groups is 1. The Kier molecular flexibility index (Phi) is 5.60. The van der Waals surface area contributed by atoms with Gasteiger partial charge in [0, 0.05) is 23.7 Å². The second kappa shape index (κ2) is 7.54. The average molecular weight is 244 g/mol. The number of anilines is 1. The maximum absolute atomic E-state index is 11.4. The molecule has 1 aromatic rings. The first-order valence-corrected chi connectivity index (χ1v) is 5.32. The summed E-state index contributed by atoms with van der Waals surface area (Å²) in [4.78, 5) is 14.0. The van der Waals surface area contributed by atoms with E-state index in [1.54, 1.807) is 24.3 Å². The van der Waals surface area contributed by atoms with E-state index in [0.29, 0.717) is 30.8 Å². The van der Waals surface area contributed by atoms with Gasteiger partial charge in [-0.25, -0.2) is 4.79 Å². The summed E-state index contributed by atoms with van der Waals surface area (Å²) in [5.74, 6) is 0. The first-order chi connectivity index (χ1) is 8.76. The Balaban J connectivity index is 2.35. The number of urea groups is 1. The lowest BCUT2D eigenvalue weighted by Crippen LogP contribution is -2.29. The second-order valence-electron chi connectivity index (χ2n) is 3.38. The molecule has 1 aromatic carbocycles. The minimum Gasteiger partial charge on any atom is -0.338 e. The Morgan fingerprint density at radius 3 is 3.11 bits per heavy atom. The molecule has 2 N–H and O–H groups in total. The van der Waals surface area contributed by atoms with E-state index in [1.165, 1.54) is 0 Å². The van der Waals surface area contributed by atoms with Crippen molar-refractivity contribution in [1.29, 1.82) is 5.26 Å². The van der Waals surface area contributed by atoms with Crippen LogP contribution in [-0.4, -0.2) is 19.1 Å². The molecule has 0 saturated carbocycles. The number of nitriles is 1. The summed E-state index contributed by atoms with van der Waals surface area (Å²) < 4.78 is 0. The zero-order valence-electron chi connectivity index (χ0n) is 9.63. The molecule has 0 aliphatic heterocycles. The molecule has 0 unspecified atom stereocenters. The number of benzene rings is 1. The molecule has 18 heavy (non-hydrogen) atoms. The predicted molar refractivity (Wildman–Crippen MR) is 66.8 cm³/mol. The zero-order valence-corrected chi connectivity index (χ0v) is 9.63. The first-order valence-electron chi connectivity index (χ1n) is 5.32. The minimum atomic E-state index is -0.356. The highest BCUT2D eigenvalue weighted by Crippen LogP contribution is 2.09. The summed E-state index contributed by atoms with van der Waals surface area (Å²) >= 11 is 0. The smallest absolute Gasteiger partial charge is 0.319 e. The van der Waals surface area contributed by atoms with Crippen molar-refractivity contribution in [2.45, 2.75) is 6.42 Å². The summed E-state index contributed by atoms with van der Waals surface area (Å²) in [5.41, 5.74) is 9.09. The molecular formula is C11H12N6O. The summed E-state index contributed by atoms with van der Waals surface area (Å²) in [7, 11) is 0. The van der Waals surface area contributed by atoms with Crippen molar-refractivity contribution >= 4 is 11.7 Å². The van der Waals surface area contributed by atoms with Crippen LogP contribution in [0, 0.1) is 11.3 Å². The number of carbonyl (C=O) groups is 1. The molecule has 0 spiro atoms. The molecule has 7 heteroatoms. The number of hydrogen-bond donors (Lipinski definition) is 2. The zero-order chi connectivity index (χ0) is 13.2. The van der Waals surface area contributed by atoms with Gasteiger partial charge in [-0.05, 0) is 30.2 Å². The lowest BCUT2D eigenvalue weighted by atomic mass is 10.2. The standard InChI is InChI=1S/C11H12N6O/c12-8-9-3-1-4-10(7-9)16-11(18)14-5-2-6-15-17-13/h1,3-4,7H,2,5-6H2,(H2,14,16,18). The van der Waals surface area contributed by atoms with Crippen LogP contribution < -0.4 is 10.6 Å². The van der Waals surface area contributed by atoms with Gasteiger partial charge in [-0.2, -0.15) is 5.26 Å². The third-order valence-electron chi connectivity index (χ3n) is 2.03. The summed E-state index contributed by atoms with van der Waals surface area (Å²) in [5, 5.41) is 17.3. The van der Waals surface area contributed by atoms with Crippen LogP contribution >= 0.6 is 0 Å². The molecule has 0 saturated heterocycles. The van der Waals surface area contributed by atoms with Crippen LogP contribution in [0.1, 0.15) is 12.0 Å². The molecule has 0 bridgehead atoms. The van der Waals surface area contributed by atoms with Crippen molar-refractivity contribution in [2.75, 3.05) is 18.4 Å². The van der Waals surface area contributed by atoms with Crippen molar-refractivity contribution in [3.63, 3.8) is 0 Å². The third-order valence-corrected chi connectivity index (χ3v) is 2.03. The van der Waals surface area contributed by atoms with E-state index in [9.17, 15) is 4.79 Å². The van der Waals surface area contributed by atoms with E-state index < -0.39 is 0 Å². The number of hydrogen-bond acceptors (Lipinski definition) is 3. The van der Waals surface area contributed by atoms with Crippen molar-refractivity contribution in [1.82, 2.24) is 5.32 Å². The largest absolute Gasteiger partial charge is 0.338 e. The quantitative estimate of drug-likeness (QED) is 0.358. The van der Waals surface area contributed by atoms with Crippen LogP contribution in [0.3, 0.4) is 0 Å². The summed E-state index contributed by atoms with van der Waals surface area (Å²) in [6.07, 6.45) is 0.579. The van der Waals surface area contributed by atoms with E-state index in [-0.39, 0.29) is 6.03 Å². The number of nitrogens with zero attached hydrogens (tertiary/aromatic N) is 4. The molecule has 0 aromatic heterocycles. The van der Waals surface area contributed by atoms with E-state index in [0.717, 1.165) is 0 Å². The summed E-state index contributed by atoms with van der Waals surface area (Å²) in [6.45, 7) is 0.767. The normalized spacial score (nSPS) is 8.83. The molecule has 1 rings (SSSR count). The van der Waals surface area contributed by atoms with Crippen LogP contribution in [0.2, 0.25) is 0 Å². The fourth-order valence-corrected chi connectivity index (χ4v) is 1.24. The average Bonchev–Trinajstić information content (AvgIpc) is 2.38. The van der Waals surface area contributed by atoms with E-state index in [1.807, 2.05) is 6.07 Å². The Morgan fingerprint density at radius 1 is 1.56 bits per heavy atom.